The Hall–Kier alpha value is -3.95. The average Bonchev–Trinajstić information content (AvgIpc) is 3.45. The summed E-state index contributed by atoms with van der Waals surface area (Å²) in [6.07, 6.45) is 7.27. The van der Waals surface area contributed by atoms with Gasteiger partial charge < -0.3 is 14.5 Å². The fourth-order valence-electron chi connectivity index (χ4n) is 4.89. The number of hydrogen-bond donors (Lipinski definition) is 0. The molecule has 4 heterocycles. The lowest BCUT2D eigenvalue weighted by atomic mass is 10.1. The second kappa shape index (κ2) is 7.08. The maximum atomic E-state index is 13.4. The summed E-state index contributed by atoms with van der Waals surface area (Å²) in [6.45, 7) is 0.244. The number of fused-ring (bicyclic) bond motifs is 6. The minimum Gasteiger partial charge on any atom is -0.359 e. The molecule has 2 aromatic rings. The summed E-state index contributed by atoms with van der Waals surface area (Å²) in [5.41, 5.74) is 1.18. The van der Waals surface area contributed by atoms with E-state index in [0.29, 0.717) is 35.1 Å². The lowest BCUT2D eigenvalue weighted by Crippen LogP contribution is -2.55. The maximum absolute atomic E-state index is 13.4. The molecular formula is C22H17N5O4. The van der Waals surface area contributed by atoms with Crippen molar-refractivity contribution in [1.82, 2.24) is 14.8 Å². The Morgan fingerprint density at radius 3 is 2.94 bits per heavy atom. The van der Waals surface area contributed by atoms with Crippen LogP contribution in [0.2, 0.25) is 0 Å². The van der Waals surface area contributed by atoms with E-state index in [2.05, 4.69) is 17.0 Å². The van der Waals surface area contributed by atoms with Crippen LogP contribution in [-0.2, 0) is 14.3 Å². The van der Waals surface area contributed by atoms with Crippen molar-refractivity contribution in [3.8, 4) is 18.4 Å². The standard InChI is InChI=1S/C22H17N5O4/c1-2-8-31-12-18(28)25-11-14-9-17(25)20-21(29)27(22(30)26(14)20)16-6-5-13(10-23)19-15(16)4-3-7-24-19/h1,3-7,14,17,20H,8-9,11-12H2/t14-,17?,20+/m1/s1. The van der Waals surface area contributed by atoms with Gasteiger partial charge in [-0.2, -0.15) is 5.26 Å². The Labute approximate surface area is 177 Å². The summed E-state index contributed by atoms with van der Waals surface area (Å²) in [7, 11) is 0. The zero-order chi connectivity index (χ0) is 21.7. The van der Waals surface area contributed by atoms with Crippen LogP contribution in [0.25, 0.3) is 10.9 Å². The molecule has 31 heavy (non-hydrogen) atoms. The number of amides is 4. The Kier molecular flexibility index (Phi) is 4.35. The number of rotatable bonds is 4. The summed E-state index contributed by atoms with van der Waals surface area (Å²) < 4.78 is 5.15. The molecule has 1 unspecified atom stereocenters. The van der Waals surface area contributed by atoms with Gasteiger partial charge in [-0.05, 0) is 30.7 Å². The fourth-order valence-corrected chi connectivity index (χ4v) is 4.89. The zero-order valence-electron chi connectivity index (χ0n) is 16.4. The Bertz CT molecular complexity index is 1210. The summed E-state index contributed by atoms with van der Waals surface area (Å²) in [4.78, 5) is 47.8. The summed E-state index contributed by atoms with van der Waals surface area (Å²) in [5, 5.41) is 9.91. The Morgan fingerprint density at radius 1 is 1.32 bits per heavy atom. The number of likely N-dealkylation sites (tertiary alicyclic amines) is 1. The number of piperazine rings is 1. The molecule has 154 valence electrons. The number of nitrogens with zero attached hydrogens (tertiary/aromatic N) is 5. The number of carbonyl (C=O) groups excluding carboxylic acids is 3. The molecule has 0 spiro atoms. The van der Waals surface area contributed by atoms with E-state index < -0.39 is 18.1 Å². The molecule has 2 bridgehead atoms. The topological polar surface area (TPSA) is 107 Å². The van der Waals surface area contributed by atoms with Gasteiger partial charge >= 0.3 is 6.03 Å². The van der Waals surface area contributed by atoms with Gasteiger partial charge in [0, 0.05) is 18.1 Å². The number of anilines is 1. The minimum absolute atomic E-state index is 0.0359. The third-order valence-corrected chi connectivity index (χ3v) is 6.10. The number of urea groups is 1. The van der Waals surface area contributed by atoms with E-state index in [-0.39, 0.29) is 31.1 Å². The van der Waals surface area contributed by atoms with Crippen LogP contribution in [0.3, 0.4) is 0 Å². The molecule has 1 aromatic carbocycles. The van der Waals surface area contributed by atoms with Gasteiger partial charge in [-0.1, -0.05) is 5.92 Å². The molecule has 0 radical (unpaired) electrons. The molecule has 0 N–H and O–H groups in total. The normalized spacial score (nSPS) is 23.9. The third kappa shape index (κ3) is 2.68. The van der Waals surface area contributed by atoms with Gasteiger partial charge in [-0.15, -0.1) is 6.42 Å². The first-order valence-electron chi connectivity index (χ1n) is 9.81. The first-order valence-corrected chi connectivity index (χ1v) is 9.81. The molecule has 3 saturated heterocycles. The molecule has 9 heteroatoms. The number of nitriles is 1. The third-order valence-electron chi connectivity index (χ3n) is 6.10. The van der Waals surface area contributed by atoms with Crippen LogP contribution in [0.15, 0.2) is 30.5 Å². The molecule has 9 nitrogen and oxygen atoms in total. The highest BCUT2D eigenvalue weighted by molar-refractivity contribution is 6.25. The van der Waals surface area contributed by atoms with E-state index in [4.69, 9.17) is 11.2 Å². The number of imide groups is 1. The molecule has 3 fully saturated rings. The number of benzene rings is 1. The van der Waals surface area contributed by atoms with Gasteiger partial charge in [0.05, 0.1) is 28.9 Å². The minimum atomic E-state index is -0.731. The van der Waals surface area contributed by atoms with Crippen molar-refractivity contribution in [3.05, 3.63) is 36.0 Å². The van der Waals surface area contributed by atoms with Crippen LogP contribution in [0, 0.1) is 23.7 Å². The molecule has 1 aromatic heterocycles. The Balaban J connectivity index is 1.47. The van der Waals surface area contributed by atoms with E-state index >= 15 is 0 Å². The van der Waals surface area contributed by atoms with Gasteiger partial charge in [0.25, 0.3) is 5.91 Å². The second-order valence-electron chi connectivity index (χ2n) is 7.65. The van der Waals surface area contributed by atoms with E-state index in [1.165, 1.54) is 0 Å². The van der Waals surface area contributed by atoms with Crippen LogP contribution in [0.5, 0.6) is 0 Å². The van der Waals surface area contributed by atoms with Crippen molar-refractivity contribution in [2.75, 3.05) is 24.7 Å². The molecule has 5 rings (SSSR count). The monoisotopic (exact) mass is 415 g/mol. The number of carbonyl (C=O) groups is 3. The largest absolute Gasteiger partial charge is 0.359 e. The molecular weight excluding hydrogens is 398 g/mol. The van der Waals surface area contributed by atoms with Crippen molar-refractivity contribution < 1.29 is 19.1 Å². The van der Waals surface area contributed by atoms with E-state index in [0.717, 1.165) is 4.90 Å². The van der Waals surface area contributed by atoms with Crippen molar-refractivity contribution in [1.29, 1.82) is 5.26 Å². The highest BCUT2D eigenvalue weighted by atomic mass is 16.5. The van der Waals surface area contributed by atoms with Gasteiger partial charge in [0.2, 0.25) is 5.91 Å². The van der Waals surface area contributed by atoms with Crippen molar-refractivity contribution in [2.24, 2.45) is 0 Å². The summed E-state index contributed by atoms with van der Waals surface area (Å²) >= 11 is 0. The molecule has 0 aliphatic carbocycles. The first kappa shape index (κ1) is 19.0. The van der Waals surface area contributed by atoms with Crippen LogP contribution in [0.1, 0.15) is 12.0 Å². The fraction of sp³-hybridized carbons (Fsp3) is 0.318. The lowest BCUT2D eigenvalue weighted by molar-refractivity contribution is -0.139. The van der Waals surface area contributed by atoms with E-state index in [1.807, 2.05) is 0 Å². The first-order chi connectivity index (χ1) is 15.1. The van der Waals surface area contributed by atoms with Crippen molar-refractivity contribution in [2.45, 2.75) is 24.5 Å². The SMILES string of the molecule is C#CCOCC(=O)N1C[C@H]2CC1[C@H]1C(=O)N(c3ccc(C#N)c4ncccc34)C(=O)N21. The van der Waals surface area contributed by atoms with Crippen LogP contribution >= 0.6 is 0 Å². The van der Waals surface area contributed by atoms with Crippen LogP contribution in [0.4, 0.5) is 10.5 Å². The lowest BCUT2D eigenvalue weighted by Gasteiger charge is -2.34. The number of terminal acetylenes is 1. The highest BCUT2D eigenvalue weighted by Gasteiger charge is 2.62. The Morgan fingerprint density at radius 2 is 2.16 bits per heavy atom. The summed E-state index contributed by atoms with van der Waals surface area (Å²) in [5.74, 6) is 1.69. The zero-order valence-corrected chi connectivity index (χ0v) is 16.4. The van der Waals surface area contributed by atoms with Gasteiger partial charge in [-0.3, -0.25) is 14.6 Å². The average molecular weight is 415 g/mol. The number of aromatic nitrogens is 1. The predicted octanol–water partition coefficient (Wildman–Crippen LogP) is 0.877. The predicted molar refractivity (Wildman–Crippen MR) is 109 cm³/mol. The van der Waals surface area contributed by atoms with E-state index in [9.17, 15) is 19.6 Å². The quantitative estimate of drug-likeness (QED) is 0.417. The number of hydrogen-bond acceptors (Lipinski definition) is 6. The van der Waals surface area contributed by atoms with Gasteiger partial charge in [-0.25, -0.2) is 9.69 Å². The molecule has 4 amide bonds. The van der Waals surface area contributed by atoms with Crippen LogP contribution in [-0.4, -0.2) is 70.5 Å². The van der Waals surface area contributed by atoms with Crippen LogP contribution < -0.4 is 4.90 Å². The number of pyridine rings is 1. The van der Waals surface area contributed by atoms with E-state index in [1.54, 1.807) is 40.3 Å². The highest BCUT2D eigenvalue weighted by Crippen LogP contribution is 2.43. The molecule has 3 atom stereocenters. The smallest absolute Gasteiger partial charge is 0.332 e. The van der Waals surface area contributed by atoms with Gasteiger partial charge in [0.15, 0.2) is 0 Å². The molecule has 3 aliphatic rings. The number of ether oxygens (including phenoxy) is 1. The molecule has 0 saturated carbocycles. The second-order valence-corrected chi connectivity index (χ2v) is 7.65. The van der Waals surface area contributed by atoms with Crippen molar-refractivity contribution in [3.63, 3.8) is 0 Å². The van der Waals surface area contributed by atoms with Gasteiger partial charge in [0.1, 0.15) is 25.3 Å². The maximum Gasteiger partial charge on any atom is 0.332 e. The molecule has 3 aliphatic heterocycles. The summed E-state index contributed by atoms with van der Waals surface area (Å²) in [6, 6.07) is 6.90. The van der Waals surface area contributed by atoms with Crippen molar-refractivity contribution >= 4 is 34.4 Å².